The third-order valence-corrected chi connectivity index (χ3v) is 4.03. The van der Waals surface area contributed by atoms with E-state index in [0.717, 1.165) is 26.1 Å². The molecule has 2 atom stereocenters. The molecule has 1 fully saturated rings. The van der Waals surface area contributed by atoms with Crippen LogP contribution in [0, 0.1) is 11.8 Å². The summed E-state index contributed by atoms with van der Waals surface area (Å²) in [5.74, 6) is 0.940. The molecule has 1 aliphatic rings. The summed E-state index contributed by atoms with van der Waals surface area (Å²) in [6.45, 7) is 11.2. The summed E-state index contributed by atoms with van der Waals surface area (Å²) in [5, 5.41) is 0. The molecule has 2 N–H and O–H groups in total. The third-order valence-electron chi connectivity index (χ3n) is 4.03. The second-order valence-electron chi connectivity index (χ2n) is 6.24. The Labute approximate surface area is 111 Å². The van der Waals surface area contributed by atoms with E-state index < -0.39 is 0 Å². The largest absolute Gasteiger partial charge is 0.341 e. The molecule has 1 amide bonds. The van der Waals surface area contributed by atoms with Crippen LogP contribution in [0.1, 0.15) is 34.1 Å². The van der Waals surface area contributed by atoms with Gasteiger partial charge in [0.15, 0.2) is 0 Å². The molecule has 0 aromatic rings. The van der Waals surface area contributed by atoms with Crippen LogP contribution in [0.5, 0.6) is 0 Å². The first-order valence-corrected chi connectivity index (χ1v) is 7.07. The zero-order valence-corrected chi connectivity index (χ0v) is 12.5. The monoisotopic (exact) mass is 255 g/mol. The lowest BCUT2D eigenvalue weighted by Gasteiger charge is -2.26. The van der Waals surface area contributed by atoms with Crippen molar-refractivity contribution in [3.63, 3.8) is 0 Å². The molecule has 4 heteroatoms. The molecule has 0 aromatic heterocycles. The standard InChI is InChI=1S/C14H29N3O/c1-10(2)13(15)14(18)17-7-6-12(9-17)8-16(5)11(3)4/h10-13H,6-9,15H2,1-5H3/t12?,13-/m0/s1. The molecule has 1 heterocycles. The van der Waals surface area contributed by atoms with E-state index >= 15 is 0 Å². The molecule has 0 radical (unpaired) electrons. The fourth-order valence-electron chi connectivity index (χ4n) is 2.30. The summed E-state index contributed by atoms with van der Waals surface area (Å²) in [7, 11) is 2.15. The van der Waals surface area contributed by atoms with Gasteiger partial charge in [-0.1, -0.05) is 13.8 Å². The molecule has 0 aliphatic carbocycles. The Kier molecular flexibility index (Phi) is 5.60. The van der Waals surface area contributed by atoms with E-state index in [1.54, 1.807) is 0 Å². The molecule has 1 saturated heterocycles. The van der Waals surface area contributed by atoms with Gasteiger partial charge in [-0.25, -0.2) is 0 Å². The smallest absolute Gasteiger partial charge is 0.239 e. The summed E-state index contributed by atoms with van der Waals surface area (Å²) in [6, 6.07) is 0.222. The second kappa shape index (κ2) is 6.53. The first kappa shape index (κ1) is 15.4. The van der Waals surface area contributed by atoms with E-state index in [-0.39, 0.29) is 17.9 Å². The summed E-state index contributed by atoms with van der Waals surface area (Å²) in [5.41, 5.74) is 5.93. The van der Waals surface area contributed by atoms with Crippen LogP contribution in [0.3, 0.4) is 0 Å². The lowest BCUT2D eigenvalue weighted by atomic mass is 10.0. The number of carbonyl (C=O) groups is 1. The molecular weight excluding hydrogens is 226 g/mol. The van der Waals surface area contributed by atoms with Crippen molar-refractivity contribution in [2.24, 2.45) is 17.6 Å². The predicted octanol–water partition coefficient (Wildman–Crippen LogP) is 1.16. The fourth-order valence-corrected chi connectivity index (χ4v) is 2.30. The zero-order valence-electron chi connectivity index (χ0n) is 12.5. The van der Waals surface area contributed by atoms with Gasteiger partial charge in [0, 0.05) is 25.7 Å². The van der Waals surface area contributed by atoms with Gasteiger partial charge in [-0.3, -0.25) is 4.79 Å². The Bertz CT molecular complexity index is 278. The highest BCUT2D eigenvalue weighted by Gasteiger charge is 2.30. The van der Waals surface area contributed by atoms with Crippen molar-refractivity contribution in [3.8, 4) is 0 Å². The van der Waals surface area contributed by atoms with Crippen molar-refractivity contribution in [1.29, 1.82) is 0 Å². The molecule has 1 aliphatic heterocycles. The van der Waals surface area contributed by atoms with Gasteiger partial charge in [-0.05, 0) is 39.2 Å². The molecular formula is C14H29N3O. The number of hydrogen-bond donors (Lipinski definition) is 1. The Morgan fingerprint density at radius 2 is 2.00 bits per heavy atom. The van der Waals surface area contributed by atoms with Gasteiger partial charge in [-0.2, -0.15) is 0 Å². The van der Waals surface area contributed by atoms with Gasteiger partial charge >= 0.3 is 0 Å². The summed E-state index contributed by atoms with van der Waals surface area (Å²) in [6.07, 6.45) is 1.10. The van der Waals surface area contributed by atoms with Gasteiger partial charge in [-0.15, -0.1) is 0 Å². The van der Waals surface area contributed by atoms with Gasteiger partial charge in [0.05, 0.1) is 6.04 Å². The Hall–Kier alpha value is -0.610. The molecule has 18 heavy (non-hydrogen) atoms. The molecule has 4 nitrogen and oxygen atoms in total. The van der Waals surface area contributed by atoms with Gasteiger partial charge in [0.2, 0.25) is 5.91 Å². The molecule has 106 valence electrons. The van der Waals surface area contributed by atoms with Crippen LogP contribution in [-0.4, -0.2) is 54.5 Å². The van der Waals surface area contributed by atoms with Crippen LogP contribution >= 0.6 is 0 Å². The van der Waals surface area contributed by atoms with Crippen molar-refractivity contribution in [1.82, 2.24) is 9.80 Å². The van der Waals surface area contributed by atoms with Crippen molar-refractivity contribution in [3.05, 3.63) is 0 Å². The minimum atomic E-state index is -0.341. The summed E-state index contributed by atoms with van der Waals surface area (Å²) < 4.78 is 0. The highest BCUT2D eigenvalue weighted by molar-refractivity contribution is 5.82. The van der Waals surface area contributed by atoms with Crippen molar-refractivity contribution >= 4 is 5.91 Å². The number of hydrogen-bond acceptors (Lipinski definition) is 3. The third kappa shape index (κ3) is 3.95. The van der Waals surface area contributed by atoms with Crippen molar-refractivity contribution in [2.75, 3.05) is 26.7 Å². The van der Waals surface area contributed by atoms with Crippen molar-refractivity contribution < 1.29 is 4.79 Å². The lowest BCUT2D eigenvalue weighted by Crippen LogP contribution is -2.46. The maximum atomic E-state index is 12.1. The van der Waals surface area contributed by atoms with Crippen LogP contribution in [-0.2, 0) is 4.79 Å². The first-order valence-electron chi connectivity index (χ1n) is 7.07. The molecule has 0 saturated carbocycles. The Morgan fingerprint density at radius 1 is 1.39 bits per heavy atom. The molecule has 0 bridgehead atoms. The quantitative estimate of drug-likeness (QED) is 0.802. The minimum Gasteiger partial charge on any atom is -0.341 e. The van der Waals surface area contributed by atoms with Crippen LogP contribution in [0.25, 0.3) is 0 Å². The Balaban J connectivity index is 2.44. The van der Waals surface area contributed by atoms with E-state index in [9.17, 15) is 4.79 Å². The SMILES string of the molecule is CC(C)[C@H](N)C(=O)N1CCC(CN(C)C(C)C)C1. The molecule has 1 rings (SSSR count). The average Bonchev–Trinajstić information content (AvgIpc) is 2.75. The van der Waals surface area contributed by atoms with Crippen LogP contribution in [0.2, 0.25) is 0 Å². The van der Waals surface area contributed by atoms with Gasteiger partial charge in [0.25, 0.3) is 0 Å². The van der Waals surface area contributed by atoms with E-state index in [0.29, 0.717) is 12.0 Å². The van der Waals surface area contributed by atoms with E-state index in [4.69, 9.17) is 5.73 Å². The summed E-state index contributed by atoms with van der Waals surface area (Å²) in [4.78, 5) is 16.4. The Morgan fingerprint density at radius 3 is 2.50 bits per heavy atom. The lowest BCUT2D eigenvalue weighted by molar-refractivity contribution is -0.132. The number of amides is 1. The molecule has 1 unspecified atom stereocenters. The topological polar surface area (TPSA) is 49.6 Å². The maximum Gasteiger partial charge on any atom is 0.239 e. The predicted molar refractivity (Wildman–Crippen MR) is 75.3 cm³/mol. The summed E-state index contributed by atoms with van der Waals surface area (Å²) >= 11 is 0. The van der Waals surface area contributed by atoms with Crippen LogP contribution in [0.15, 0.2) is 0 Å². The molecule has 0 spiro atoms. The normalized spacial score (nSPS) is 22.3. The highest BCUT2D eigenvalue weighted by atomic mass is 16.2. The minimum absolute atomic E-state index is 0.125. The number of nitrogens with two attached hydrogens (primary N) is 1. The van der Waals surface area contributed by atoms with E-state index in [2.05, 4.69) is 25.8 Å². The number of nitrogens with zero attached hydrogens (tertiary/aromatic N) is 2. The number of rotatable bonds is 5. The van der Waals surface area contributed by atoms with Crippen molar-refractivity contribution in [2.45, 2.75) is 46.2 Å². The van der Waals surface area contributed by atoms with Gasteiger partial charge < -0.3 is 15.5 Å². The van der Waals surface area contributed by atoms with E-state index in [1.807, 2.05) is 18.7 Å². The van der Waals surface area contributed by atoms with Crippen LogP contribution in [0.4, 0.5) is 0 Å². The number of carbonyl (C=O) groups excluding carboxylic acids is 1. The number of likely N-dealkylation sites (tertiary alicyclic amines) is 1. The second-order valence-corrected chi connectivity index (χ2v) is 6.24. The molecule has 0 aromatic carbocycles. The van der Waals surface area contributed by atoms with E-state index in [1.165, 1.54) is 0 Å². The first-order chi connectivity index (χ1) is 8.32. The maximum absolute atomic E-state index is 12.1. The highest BCUT2D eigenvalue weighted by Crippen LogP contribution is 2.19. The zero-order chi connectivity index (χ0) is 13.9. The average molecular weight is 255 g/mol. The van der Waals surface area contributed by atoms with Gasteiger partial charge in [0.1, 0.15) is 0 Å². The van der Waals surface area contributed by atoms with Crippen LogP contribution < -0.4 is 5.73 Å². The fraction of sp³-hybridized carbons (Fsp3) is 0.929.